The SMILES string of the molecule is O=C(O)/C=C/c1cn(-c2ccccc2)nc1C1CCCC1. The monoisotopic (exact) mass is 282 g/mol. The Morgan fingerprint density at radius 2 is 1.95 bits per heavy atom. The van der Waals surface area contributed by atoms with Crippen LogP contribution in [-0.4, -0.2) is 20.9 Å². The first kappa shape index (κ1) is 13.6. The van der Waals surface area contributed by atoms with Gasteiger partial charge in [-0.05, 0) is 31.1 Å². The maximum Gasteiger partial charge on any atom is 0.328 e. The number of hydrogen-bond acceptors (Lipinski definition) is 2. The van der Waals surface area contributed by atoms with Crippen LogP contribution in [0.15, 0.2) is 42.6 Å². The number of carboxylic acids is 1. The lowest BCUT2D eigenvalue weighted by Gasteiger charge is -2.06. The van der Waals surface area contributed by atoms with E-state index in [1.165, 1.54) is 18.9 Å². The zero-order valence-electron chi connectivity index (χ0n) is 11.8. The molecule has 1 fully saturated rings. The van der Waals surface area contributed by atoms with Gasteiger partial charge in [0.2, 0.25) is 0 Å². The molecule has 4 heteroatoms. The highest BCUT2D eigenvalue weighted by Gasteiger charge is 2.22. The average molecular weight is 282 g/mol. The molecule has 4 nitrogen and oxygen atoms in total. The lowest BCUT2D eigenvalue weighted by molar-refractivity contribution is -0.131. The van der Waals surface area contributed by atoms with E-state index < -0.39 is 5.97 Å². The number of aromatic nitrogens is 2. The van der Waals surface area contributed by atoms with Crippen molar-refractivity contribution in [2.75, 3.05) is 0 Å². The number of benzene rings is 1. The number of rotatable bonds is 4. The minimum absolute atomic E-state index is 0.448. The maximum atomic E-state index is 10.8. The van der Waals surface area contributed by atoms with Crippen molar-refractivity contribution in [1.29, 1.82) is 0 Å². The van der Waals surface area contributed by atoms with E-state index in [0.29, 0.717) is 5.92 Å². The molecule has 0 amide bonds. The predicted octanol–water partition coefficient (Wildman–Crippen LogP) is 3.63. The molecule has 0 atom stereocenters. The lowest BCUT2D eigenvalue weighted by atomic mass is 10.0. The summed E-state index contributed by atoms with van der Waals surface area (Å²) in [6, 6.07) is 9.90. The Bertz CT molecular complexity index is 653. The molecule has 1 aromatic heterocycles. The molecule has 21 heavy (non-hydrogen) atoms. The van der Waals surface area contributed by atoms with Crippen molar-refractivity contribution >= 4 is 12.0 Å². The highest BCUT2D eigenvalue weighted by molar-refractivity contribution is 5.85. The Morgan fingerprint density at radius 3 is 2.62 bits per heavy atom. The summed E-state index contributed by atoms with van der Waals surface area (Å²) in [5.41, 5.74) is 2.92. The van der Waals surface area contributed by atoms with Crippen LogP contribution in [0.4, 0.5) is 0 Å². The largest absolute Gasteiger partial charge is 0.478 e. The van der Waals surface area contributed by atoms with Crippen LogP contribution in [0, 0.1) is 0 Å². The molecule has 0 spiro atoms. The molecule has 1 saturated carbocycles. The molecule has 1 aliphatic rings. The van der Waals surface area contributed by atoms with Gasteiger partial charge in [-0.3, -0.25) is 0 Å². The van der Waals surface area contributed by atoms with Crippen LogP contribution in [0.3, 0.4) is 0 Å². The summed E-state index contributed by atoms with van der Waals surface area (Å²) >= 11 is 0. The Kier molecular flexibility index (Phi) is 3.86. The van der Waals surface area contributed by atoms with Crippen molar-refractivity contribution in [2.24, 2.45) is 0 Å². The van der Waals surface area contributed by atoms with E-state index in [1.54, 1.807) is 6.08 Å². The predicted molar refractivity (Wildman–Crippen MR) is 81.4 cm³/mol. The molecule has 3 rings (SSSR count). The van der Waals surface area contributed by atoms with Crippen LogP contribution in [0.1, 0.15) is 42.9 Å². The number of aliphatic carboxylic acids is 1. The number of hydrogen-bond donors (Lipinski definition) is 1. The van der Waals surface area contributed by atoms with Gasteiger partial charge in [0.25, 0.3) is 0 Å². The van der Waals surface area contributed by atoms with Gasteiger partial charge in [0.05, 0.1) is 11.4 Å². The van der Waals surface area contributed by atoms with Crippen LogP contribution in [-0.2, 0) is 4.79 Å². The summed E-state index contributed by atoms with van der Waals surface area (Å²) in [6.07, 6.45) is 9.49. The maximum absolute atomic E-state index is 10.8. The fourth-order valence-electron chi connectivity index (χ4n) is 2.92. The Morgan fingerprint density at radius 1 is 1.24 bits per heavy atom. The van der Waals surface area contributed by atoms with Gasteiger partial charge in [-0.1, -0.05) is 31.0 Å². The van der Waals surface area contributed by atoms with Crippen molar-refractivity contribution in [3.05, 3.63) is 53.9 Å². The number of para-hydroxylation sites is 1. The van der Waals surface area contributed by atoms with Gasteiger partial charge >= 0.3 is 5.97 Å². The van der Waals surface area contributed by atoms with Crippen molar-refractivity contribution in [3.8, 4) is 5.69 Å². The minimum Gasteiger partial charge on any atom is -0.478 e. The molecule has 108 valence electrons. The normalized spacial score (nSPS) is 15.8. The minimum atomic E-state index is -0.931. The fourth-order valence-corrected chi connectivity index (χ4v) is 2.92. The number of carbonyl (C=O) groups is 1. The van der Waals surface area contributed by atoms with E-state index in [0.717, 1.165) is 29.8 Å². The first-order valence-corrected chi connectivity index (χ1v) is 7.30. The first-order chi connectivity index (χ1) is 10.2. The molecule has 2 aromatic rings. The molecule has 0 saturated heterocycles. The summed E-state index contributed by atoms with van der Waals surface area (Å²) in [6.45, 7) is 0. The third kappa shape index (κ3) is 3.05. The molecular weight excluding hydrogens is 264 g/mol. The van der Waals surface area contributed by atoms with Gasteiger partial charge in [0.15, 0.2) is 0 Å². The molecule has 0 radical (unpaired) electrons. The lowest BCUT2D eigenvalue weighted by Crippen LogP contribution is -1.99. The summed E-state index contributed by atoms with van der Waals surface area (Å²) in [4.78, 5) is 10.8. The van der Waals surface area contributed by atoms with Gasteiger partial charge in [-0.15, -0.1) is 0 Å². The van der Waals surface area contributed by atoms with Crippen molar-refractivity contribution in [2.45, 2.75) is 31.6 Å². The van der Waals surface area contributed by atoms with Gasteiger partial charge in [-0.25, -0.2) is 9.48 Å². The highest BCUT2D eigenvalue weighted by Crippen LogP contribution is 2.35. The van der Waals surface area contributed by atoms with E-state index in [4.69, 9.17) is 10.2 Å². The molecule has 1 aliphatic carbocycles. The number of nitrogens with zero attached hydrogens (tertiary/aromatic N) is 2. The zero-order valence-corrected chi connectivity index (χ0v) is 11.8. The van der Waals surface area contributed by atoms with Gasteiger partial charge in [-0.2, -0.15) is 5.10 Å². The van der Waals surface area contributed by atoms with Gasteiger partial charge in [0.1, 0.15) is 0 Å². The molecule has 0 unspecified atom stereocenters. The second kappa shape index (κ2) is 5.95. The molecule has 1 N–H and O–H groups in total. The first-order valence-electron chi connectivity index (χ1n) is 7.30. The summed E-state index contributed by atoms with van der Waals surface area (Å²) < 4.78 is 1.84. The molecule has 0 bridgehead atoms. The Hall–Kier alpha value is -2.36. The van der Waals surface area contributed by atoms with Crippen LogP contribution in [0.5, 0.6) is 0 Å². The van der Waals surface area contributed by atoms with E-state index in [9.17, 15) is 4.79 Å². The molecular formula is C17H18N2O2. The second-order valence-corrected chi connectivity index (χ2v) is 5.40. The molecule has 1 heterocycles. The summed E-state index contributed by atoms with van der Waals surface area (Å²) in [7, 11) is 0. The standard InChI is InChI=1S/C17H18N2O2/c20-16(21)11-10-14-12-19(15-8-2-1-3-9-15)18-17(14)13-6-4-5-7-13/h1-3,8-13H,4-7H2,(H,20,21)/b11-10+. The second-order valence-electron chi connectivity index (χ2n) is 5.40. The van der Waals surface area contributed by atoms with E-state index in [1.807, 2.05) is 41.2 Å². The van der Waals surface area contributed by atoms with E-state index in [2.05, 4.69) is 0 Å². The molecule has 0 aliphatic heterocycles. The Balaban J connectivity index is 2.00. The Labute approximate surface area is 123 Å². The van der Waals surface area contributed by atoms with Crippen LogP contribution in [0.25, 0.3) is 11.8 Å². The third-order valence-corrected chi connectivity index (χ3v) is 3.94. The third-order valence-electron chi connectivity index (χ3n) is 3.94. The highest BCUT2D eigenvalue weighted by atomic mass is 16.4. The van der Waals surface area contributed by atoms with Crippen LogP contribution >= 0.6 is 0 Å². The van der Waals surface area contributed by atoms with E-state index in [-0.39, 0.29) is 0 Å². The summed E-state index contributed by atoms with van der Waals surface area (Å²) in [5, 5.41) is 13.6. The molecule has 1 aromatic carbocycles. The number of carboxylic acid groups (broad SMARTS) is 1. The van der Waals surface area contributed by atoms with Gasteiger partial charge in [0, 0.05) is 23.8 Å². The van der Waals surface area contributed by atoms with Crippen LogP contribution in [0.2, 0.25) is 0 Å². The van der Waals surface area contributed by atoms with Gasteiger partial charge < -0.3 is 5.11 Å². The average Bonchev–Trinajstić information content (AvgIpc) is 3.15. The van der Waals surface area contributed by atoms with Crippen molar-refractivity contribution < 1.29 is 9.90 Å². The fraction of sp³-hybridized carbons (Fsp3) is 0.294. The van der Waals surface area contributed by atoms with Crippen LogP contribution < -0.4 is 0 Å². The van der Waals surface area contributed by atoms with Crippen molar-refractivity contribution in [1.82, 2.24) is 9.78 Å². The topological polar surface area (TPSA) is 55.1 Å². The smallest absolute Gasteiger partial charge is 0.328 e. The summed E-state index contributed by atoms with van der Waals surface area (Å²) in [5.74, 6) is -0.483. The van der Waals surface area contributed by atoms with Crippen molar-refractivity contribution in [3.63, 3.8) is 0 Å². The quantitative estimate of drug-likeness (QED) is 0.871. The van der Waals surface area contributed by atoms with E-state index >= 15 is 0 Å². The zero-order chi connectivity index (χ0) is 14.7.